The third-order valence-electron chi connectivity index (χ3n) is 1.57. The van der Waals surface area contributed by atoms with Crippen molar-refractivity contribution in [3.63, 3.8) is 0 Å². The summed E-state index contributed by atoms with van der Waals surface area (Å²) in [6.07, 6.45) is 0. The van der Waals surface area contributed by atoms with E-state index < -0.39 is 11.6 Å². The lowest BCUT2D eigenvalue weighted by Gasteiger charge is -2.05. The highest BCUT2D eigenvalue weighted by Crippen LogP contribution is 2.22. The monoisotopic (exact) mass is 188 g/mol. The van der Waals surface area contributed by atoms with Crippen molar-refractivity contribution >= 4 is 0 Å². The van der Waals surface area contributed by atoms with Gasteiger partial charge in [-0.1, -0.05) is 0 Å². The Morgan fingerprint density at radius 1 is 1.38 bits per heavy atom. The predicted octanol–water partition coefficient (Wildman–Crippen LogP) is 0.937. The molecular formula is C8H10F2N2O. The molecule has 1 aromatic carbocycles. The van der Waals surface area contributed by atoms with Crippen LogP contribution in [0.15, 0.2) is 12.1 Å². The van der Waals surface area contributed by atoms with Crippen LogP contribution in [-0.2, 0) is 6.54 Å². The molecule has 0 amide bonds. The van der Waals surface area contributed by atoms with Crippen LogP contribution < -0.4 is 16.0 Å². The van der Waals surface area contributed by atoms with Gasteiger partial charge in [0, 0.05) is 6.54 Å². The first-order chi connectivity index (χ1) is 6.19. The van der Waals surface area contributed by atoms with Crippen LogP contribution in [0.4, 0.5) is 8.78 Å². The minimum atomic E-state index is -0.729. The van der Waals surface area contributed by atoms with Crippen molar-refractivity contribution in [2.24, 2.45) is 5.84 Å². The maximum Gasteiger partial charge on any atom is 0.190 e. The van der Waals surface area contributed by atoms with E-state index in [0.29, 0.717) is 5.56 Å². The first-order valence-corrected chi connectivity index (χ1v) is 3.64. The molecule has 3 N–H and O–H groups in total. The molecule has 0 saturated carbocycles. The summed E-state index contributed by atoms with van der Waals surface area (Å²) in [4.78, 5) is 0. The molecule has 0 saturated heterocycles. The number of hydrogen-bond donors (Lipinski definition) is 2. The van der Waals surface area contributed by atoms with E-state index in [1.165, 1.54) is 19.2 Å². The Hall–Kier alpha value is -1.20. The normalized spacial score (nSPS) is 10.2. The zero-order chi connectivity index (χ0) is 9.84. The highest BCUT2D eigenvalue weighted by Gasteiger charge is 2.10. The van der Waals surface area contributed by atoms with Crippen LogP contribution in [0.5, 0.6) is 5.75 Å². The smallest absolute Gasteiger partial charge is 0.190 e. The number of benzene rings is 1. The van der Waals surface area contributed by atoms with Crippen molar-refractivity contribution in [2.75, 3.05) is 7.11 Å². The fourth-order valence-electron chi connectivity index (χ4n) is 1.03. The minimum Gasteiger partial charge on any atom is -0.491 e. The van der Waals surface area contributed by atoms with Gasteiger partial charge in [0.25, 0.3) is 0 Å². The minimum absolute atomic E-state index is 0.206. The van der Waals surface area contributed by atoms with Crippen molar-refractivity contribution in [1.82, 2.24) is 5.43 Å². The molecule has 0 heterocycles. The van der Waals surface area contributed by atoms with Gasteiger partial charge in [0.05, 0.1) is 7.11 Å². The topological polar surface area (TPSA) is 47.3 Å². The number of hydrogen-bond acceptors (Lipinski definition) is 3. The van der Waals surface area contributed by atoms with E-state index in [-0.39, 0.29) is 12.3 Å². The van der Waals surface area contributed by atoms with E-state index >= 15 is 0 Å². The number of rotatable bonds is 3. The maximum atomic E-state index is 13.0. The molecule has 0 spiro atoms. The molecule has 0 atom stereocenters. The van der Waals surface area contributed by atoms with Gasteiger partial charge in [-0.15, -0.1) is 0 Å². The number of hydrazine groups is 1. The molecule has 0 bridgehead atoms. The summed E-state index contributed by atoms with van der Waals surface area (Å²) < 4.78 is 30.5. The van der Waals surface area contributed by atoms with Crippen LogP contribution in [0.3, 0.4) is 0 Å². The largest absolute Gasteiger partial charge is 0.491 e. The van der Waals surface area contributed by atoms with Crippen LogP contribution in [-0.4, -0.2) is 7.11 Å². The Labute approximate surface area is 74.5 Å². The number of methoxy groups -OCH3 is 1. The van der Waals surface area contributed by atoms with Crippen LogP contribution >= 0.6 is 0 Å². The molecule has 1 aromatic rings. The van der Waals surface area contributed by atoms with Gasteiger partial charge in [0.2, 0.25) is 0 Å². The predicted molar refractivity (Wildman–Crippen MR) is 43.9 cm³/mol. The van der Waals surface area contributed by atoms with E-state index in [9.17, 15) is 8.78 Å². The van der Waals surface area contributed by atoms with Crippen LogP contribution in [0.25, 0.3) is 0 Å². The lowest BCUT2D eigenvalue weighted by atomic mass is 10.2. The molecule has 1 rings (SSSR count). The Kier molecular flexibility index (Phi) is 3.16. The summed E-state index contributed by atoms with van der Waals surface area (Å²) in [5, 5.41) is 0. The standard InChI is InChI=1S/C8H10F2N2O/c1-13-8-6(9)2-5(4-12-11)3-7(8)10/h2-3,12H,4,11H2,1H3. The van der Waals surface area contributed by atoms with Gasteiger partial charge in [0.15, 0.2) is 17.4 Å². The van der Waals surface area contributed by atoms with Crippen LogP contribution in [0.1, 0.15) is 5.56 Å². The number of nitrogens with two attached hydrogens (primary N) is 1. The molecule has 3 nitrogen and oxygen atoms in total. The van der Waals surface area contributed by atoms with E-state index in [1.54, 1.807) is 0 Å². The van der Waals surface area contributed by atoms with Crippen LogP contribution in [0, 0.1) is 11.6 Å². The zero-order valence-corrected chi connectivity index (χ0v) is 7.10. The number of ether oxygens (including phenoxy) is 1. The summed E-state index contributed by atoms with van der Waals surface area (Å²) in [6.45, 7) is 0.206. The molecule has 0 radical (unpaired) electrons. The van der Waals surface area contributed by atoms with E-state index in [0.717, 1.165) is 0 Å². The molecule has 13 heavy (non-hydrogen) atoms. The summed E-state index contributed by atoms with van der Waals surface area (Å²) in [6, 6.07) is 2.34. The third kappa shape index (κ3) is 2.13. The molecule has 0 aromatic heterocycles. The second-order valence-corrected chi connectivity index (χ2v) is 2.47. The molecule has 0 aliphatic rings. The van der Waals surface area contributed by atoms with Gasteiger partial charge in [-0.3, -0.25) is 11.3 Å². The van der Waals surface area contributed by atoms with Gasteiger partial charge >= 0.3 is 0 Å². The number of halogens is 2. The zero-order valence-electron chi connectivity index (χ0n) is 7.10. The SMILES string of the molecule is COc1c(F)cc(CNN)cc1F. The van der Waals surface area contributed by atoms with Gasteiger partial charge in [-0.2, -0.15) is 0 Å². The number of nitrogens with one attached hydrogen (secondary N) is 1. The van der Waals surface area contributed by atoms with E-state index in [4.69, 9.17) is 5.84 Å². The van der Waals surface area contributed by atoms with Gasteiger partial charge in [-0.25, -0.2) is 8.78 Å². The van der Waals surface area contributed by atoms with E-state index in [2.05, 4.69) is 10.2 Å². The summed E-state index contributed by atoms with van der Waals surface area (Å²) in [7, 11) is 1.21. The maximum absolute atomic E-state index is 13.0. The molecule has 72 valence electrons. The summed E-state index contributed by atoms with van der Waals surface area (Å²) in [5.41, 5.74) is 2.73. The van der Waals surface area contributed by atoms with Crippen LogP contribution in [0.2, 0.25) is 0 Å². The van der Waals surface area contributed by atoms with Gasteiger partial charge in [0.1, 0.15) is 0 Å². The van der Waals surface area contributed by atoms with Crippen molar-refractivity contribution in [3.05, 3.63) is 29.3 Å². The second-order valence-electron chi connectivity index (χ2n) is 2.47. The second kappa shape index (κ2) is 4.15. The van der Waals surface area contributed by atoms with Crippen molar-refractivity contribution in [2.45, 2.75) is 6.54 Å². The quantitative estimate of drug-likeness (QED) is 0.548. The Balaban J connectivity index is 3.05. The van der Waals surface area contributed by atoms with E-state index in [1.807, 2.05) is 0 Å². The fraction of sp³-hybridized carbons (Fsp3) is 0.250. The first kappa shape index (κ1) is 9.88. The lowest BCUT2D eigenvalue weighted by Crippen LogP contribution is -2.21. The highest BCUT2D eigenvalue weighted by atomic mass is 19.1. The molecule has 0 aliphatic heterocycles. The molecule has 0 fully saturated rings. The van der Waals surface area contributed by atoms with Gasteiger partial charge in [-0.05, 0) is 17.7 Å². The lowest BCUT2D eigenvalue weighted by molar-refractivity contribution is 0.359. The third-order valence-corrected chi connectivity index (χ3v) is 1.57. The van der Waals surface area contributed by atoms with Crippen molar-refractivity contribution in [3.8, 4) is 5.75 Å². The Bertz CT molecular complexity index is 281. The molecule has 5 heteroatoms. The summed E-state index contributed by atoms with van der Waals surface area (Å²) in [5.74, 6) is 3.17. The Morgan fingerprint density at radius 3 is 2.31 bits per heavy atom. The average Bonchev–Trinajstić information content (AvgIpc) is 2.04. The summed E-state index contributed by atoms with van der Waals surface area (Å²) >= 11 is 0. The average molecular weight is 188 g/mol. The molecule has 0 unspecified atom stereocenters. The Morgan fingerprint density at radius 2 is 1.92 bits per heavy atom. The van der Waals surface area contributed by atoms with Crippen molar-refractivity contribution < 1.29 is 13.5 Å². The fourth-order valence-corrected chi connectivity index (χ4v) is 1.03. The van der Waals surface area contributed by atoms with Crippen molar-refractivity contribution in [1.29, 1.82) is 0 Å². The molecular weight excluding hydrogens is 178 g/mol. The molecule has 0 aliphatic carbocycles. The van der Waals surface area contributed by atoms with Gasteiger partial charge < -0.3 is 4.74 Å². The highest BCUT2D eigenvalue weighted by molar-refractivity contribution is 5.31. The first-order valence-electron chi connectivity index (χ1n) is 3.64.